The molecule has 9 heteroatoms. The summed E-state index contributed by atoms with van der Waals surface area (Å²) < 4.78 is 47.4. The monoisotopic (exact) mass is 442 g/mol. The van der Waals surface area contributed by atoms with E-state index in [1.165, 1.54) is 6.07 Å². The Morgan fingerprint density at radius 3 is 2.89 bits per heavy atom. The van der Waals surface area contributed by atoms with Gasteiger partial charge in [0.05, 0.1) is 17.5 Å². The summed E-state index contributed by atoms with van der Waals surface area (Å²) in [6, 6.07) is 7.97. The van der Waals surface area contributed by atoms with Gasteiger partial charge < -0.3 is 24.1 Å². The number of carboxylic acids is 1. The molecule has 0 aliphatic carbocycles. The standard InChI is InChI=1S/C18H13BrF2O6/c19-12-5-11-10(4-16(22)23)8-24-14(11)6-15(12)25-7-9-2-1-3-13-17(9)27-18(20,21)26-13/h1-3,5-6,10H,4,7-8H2,(H,22,23). The number of rotatable bonds is 5. The molecule has 2 aromatic carbocycles. The molecule has 2 aromatic rings. The SMILES string of the molecule is O=C(O)CC1COc2cc(OCc3cccc4c3OC(F)(F)O4)c(Br)cc21. The molecule has 0 amide bonds. The van der Waals surface area contributed by atoms with Gasteiger partial charge in [0.25, 0.3) is 0 Å². The van der Waals surface area contributed by atoms with Gasteiger partial charge in [0.2, 0.25) is 0 Å². The fourth-order valence-corrected chi connectivity index (χ4v) is 3.53. The minimum Gasteiger partial charge on any atom is -0.492 e. The molecule has 0 bridgehead atoms. The minimum atomic E-state index is -3.69. The van der Waals surface area contributed by atoms with Crippen molar-refractivity contribution in [2.75, 3.05) is 6.61 Å². The van der Waals surface area contributed by atoms with E-state index in [4.69, 9.17) is 14.6 Å². The second-order valence-corrected chi connectivity index (χ2v) is 6.98. The third kappa shape index (κ3) is 3.51. The molecule has 0 fully saturated rings. The molecular weight excluding hydrogens is 430 g/mol. The predicted molar refractivity (Wildman–Crippen MR) is 91.6 cm³/mol. The van der Waals surface area contributed by atoms with Gasteiger partial charge in [-0.2, -0.15) is 0 Å². The molecule has 27 heavy (non-hydrogen) atoms. The lowest BCUT2D eigenvalue weighted by atomic mass is 9.98. The van der Waals surface area contributed by atoms with E-state index < -0.39 is 12.3 Å². The molecule has 0 spiro atoms. The summed E-state index contributed by atoms with van der Waals surface area (Å²) in [5, 5.41) is 8.98. The van der Waals surface area contributed by atoms with Crippen LogP contribution in [0, 0.1) is 0 Å². The molecule has 0 aromatic heterocycles. The van der Waals surface area contributed by atoms with Crippen LogP contribution in [0.15, 0.2) is 34.8 Å². The summed E-state index contributed by atoms with van der Waals surface area (Å²) in [7, 11) is 0. The Bertz CT molecular complexity index is 917. The van der Waals surface area contributed by atoms with Crippen molar-refractivity contribution in [2.24, 2.45) is 0 Å². The maximum atomic E-state index is 13.3. The van der Waals surface area contributed by atoms with Crippen LogP contribution in [0.1, 0.15) is 23.5 Å². The molecule has 1 atom stereocenters. The smallest absolute Gasteiger partial charge is 0.492 e. The quantitative estimate of drug-likeness (QED) is 0.743. The average molecular weight is 443 g/mol. The van der Waals surface area contributed by atoms with Crippen LogP contribution in [0.2, 0.25) is 0 Å². The Balaban J connectivity index is 1.53. The second kappa shape index (κ2) is 6.56. The number of alkyl halides is 2. The van der Waals surface area contributed by atoms with Crippen molar-refractivity contribution in [2.45, 2.75) is 25.2 Å². The fourth-order valence-electron chi connectivity index (χ4n) is 3.06. The van der Waals surface area contributed by atoms with E-state index in [1.54, 1.807) is 24.3 Å². The molecule has 142 valence electrons. The Labute approximate surface area is 160 Å². The predicted octanol–water partition coefficient (Wildman–Crippen LogP) is 4.30. The highest BCUT2D eigenvalue weighted by atomic mass is 79.9. The highest BCUT2D eigenvalue weighted by molar-refractivity contribution is 9.10. The summed E-state index contributed by atoms with van der Waals surface area (Å²) in [5.41, 5.74) is 1.19. The van der Waals surface area contributed by atoms with Crippen LogP contribution >= 0.6 is 15.9 Å². The molecule has 2 aliphatic heterocycles. The average Bonchev–Trinajstić information content (AvgIpc) is 3.11. The highest BCUT2D eigenvalue weighted by Gasteiger charge is 2.44. The van der Waals surface area contributed by atoms with E-state index in [9.17, 15) is 13.6 Å². The maximum absolute atomic E-state index is 13.3. The number of aliphatic carboxylic acids is 1. The van der Waals surface area contributed by atoms with Crippen molar-refractivity contribution >= 4 is 21.9 Å². The lowest BCUT2D eigenvalue weighted by molar-refractivity contribution is -0.287. The van der Waals surface area contributed by atoms with Gasteiger partial charge in [-0.15, -0.1) is 8.78 Å². The van der Waals surface area contributed by atoms with E-state index in [2.05, 4.69) is 25.4 Å². The van der Waals surface area contributed by atoms with Crippen LogP contribution in [-0.4, -0.2) is 24.0 Å². The number of hydrogen-bond donors (Lipinski definition) is 1. The molecule has 1 N–H and O–H groups in total. The third-order valence-corrected chi connectivity index (χ3v) is 4.88. The van der Waals surface area contributed by atoms with Crippen LogP contribution < -0.4 is 18.9 Å². The van der Waals surface area contributed by atoms with Crippen LogP contribution in [-0.2, 0) is 11.4 Å². The van der Waals surface area contributed by atoms with Gasteiger partial charge in [0.15, 0.2) is 11.5 Å². The molecule has 1 unspecified atom stereocenters. The Morgan fingerprint density at radius 2 is 2.11 bits per heavy atom. The molecular formula is C18H13BrF2O6. The number of carboxylic acid groups (broad SMARTS) is 1. The lowest BCUT2D eigenvalue weighted by Gasteiger charge is -2.12. The first-order valence-electron chi connectivity index (χ1n) is 8.01. The van der Waals surface area contributed by atoms with Crippen LogP contribution in [0.25, 0.3) is 0 Å². The number of benzene rings is 2. The highest BCUT2D eigenvalue weighted by Crippen LogP contribution is 2.45. The van der Waals surface area contributed by atoms with Crippen molar-refractivity contribution in [3.8, 4) is 23.0 Å². The molecule has 0 radical (unpaired) electrons. The van der Waals surface area contributed by atoms with Crippen molar-refractivity contribution in [1.29, 1.82) is 0 Å². The largest absolute Gasteiger partial charge is 0.586 e. The summed E-state index contributed by atoms with van der Waals surface area (Å²) in [6.07, 6.45) is -3.72. The molecule has 2 aliphatic rings. The van der Waals surface area contributed by atoms with Crippen molar-refractivity contribution in [1.82, 2.24) is 0 Å². The van der Waals surface area contributed by atoms with E-state index in [1.807, 2.05) is 0 Å². The van der Waals surface area contributed by atoms with E-state index >= 15 is 0 Å². The zero-order valence-electron chi connectivity index (χ0n) is 13.7. The van der Waals surface area contributed by atoms with E-state index in [0.29, 0.717) is 21.5 Å². The fraction of sp³-hybridized carbons (Fsp3) is 0.278. The van der Waals surface area contributed by atoms with Crippen molar-refractivity contribution < 1.29 is 37.6 Å². The summed E-state index contributed by atoms with van der Waals surface area (Å²) in [5.74, 6) is -0.249. The third-order valence-electron chi connectivity index (χ3n) is 4.26. The van der Waals surface area contributed by atoms with Crippen LogP contribution in [0.4, 0.5) is 8.78 Å². The first-order chi connectivity index (χ1) is 12.8. The zero-order valence-corrected chi connectivity index (χ0v) is 15.3. The van der Waals surface area contributed by atoms with Gasteiger partial charge >= 0.3 is 12.3 Å². The number of para-hydroxylation sites is 1. The topological polar surface area (TPSA) is 74.2 Å². The van der Waals surface area contributed by atoms with Gasteiger partial charge in [-0.3, -0.25) is 4.79 Å². The number of ether oxygens (including phenoxy) is 4. The van der Waals surface area contributed by atoms with Crippen molar-refractivity contribution in [3.05, 3.63) is 45.9 Å². The number of halogens is 3. The van der Waals surface area contributed by atoms with Crippen LogP contribution in [0.5, 0.6) is 23.0 Å². The Kier molecular flexibility index (Phi) is 4.33. The molecule has 6 nitrogen and oxygen atoms in total. The molecule has 0 saturated heterocycles. The van der Waals surface area contributed by atoms with Crippen LogP contribution in [0.3, 0.4) is 0 Å². The summed E-state index contributed by atoms with van der Waals surface area (Å²) in [6.45, 7) is 0.253. The van der Waals surface area contributed by atoms with E-state index in [0.717, 1.165) is 5.56 Å². The second-order valence-electron chi connectivity index (χ2n) is 6.13. The Morgan fingerprint density at radius 1 is 1.30 bits per heavy atom. The number of carbonyl (C=O) groups is 1. The van der Waals surface area contributed by atoms with Crippen molar-refractivity contribution in [3.63, 3.8) is 0 Å². The van der Waals surface area contributed by atoms with Gasteiger partial charge in [0.1, 0.15) is 18.1 Å². The van der Waals surface area contributed by atoms with Gasteiger partial charge in [0, 0.05) is 23.1 Å². The molecule has 0 saturated carbocycles. The van der Waals surface area contributed by atoms with E-state index in [-0.39, 0.29) is 37.1 Å². The lowest BCUT2D eigenvalue weighted by Crippen LogP contribution is -2.26. The Hall–Kier alpha value is -2.55. The maximum Gasteiger partial charge on any atom is 0.586 e. The zero-order chi connectivity index (χ0) is 19.2. The first kappa shape index (κ1) is 17.8. The molecule has 2 heterocycles. The summed E-state index contributed by atoms with van der Waals surface area (Å²) >= 11 is 3.39. The first-order valence-corrected chi connectivity index (χ1v) is 8.80. The normalized spacial score (nSPS) is 18.7. The minimum absolute atomic E-state index is 0.0264. The molecule has 4 rings (SSSR count). The number of fused-ring (bicyclic) bond motifs is 2. The summed E-state index contributed by atoms with van der Waals surface area (Å²) in [4.78, 5) is 10.9. The van der Waals surface area contributed by atoms with Gasteiger partial charge in [-0.05, 0) is 28.1 Å². The van der Waals surface area contributed by atoms with Gasteiger partial charge in [-0.25, -0.2) is 0 Å². The number of hydrogen-bond acceptors (Lipinski definition) is 5. The van der Waals surface area contributed by atoms with Gasteiger partial charge in [-0.1, -0.05) is 12.1 Å².